The molecule has 1 aliphatic heterocycles. The summed E-state index contributed by atoms with van der Waals surface area (Å²) in [6.07, 6.45) is 1.34. The van der Waals surface area contributed by atoms with Crippen molar-refractivity contribution < 1.29 is 18.1 Å². The van der Waals surface area contributed by atoms with Crippen LogP contribution >= 0.6 is 12.4 Å². The van der Waals surface area contributed by atoms with Crippen molar-refractivity contribution in [3.8, 4) is 5.75 Å². The van der Waals surface area contributed by atoms with E-state index in [-0.39, 0.29) is 34.8 Å². The number of nitrogens with one attached hydrogen (secondary N) is 1. The molecule has 1 N–H and O–H groups in total. The van der Waals surface area contributed by atoms with E-state index in [2.05, 4.69) is 21.8 Å². The highest BCUT2D eigenvalue weighted by Gasteiger charge is 2.28. The first-order valence-corrected chi connectivity index (χ1v) is 10.5. The van der Waals surface area contributed by atoms with Crippen LogP contribution in [0.4, 0.5) is 5.69 Å². The molecule has 0 bridgehead atoms. The van der Waals surface area contributed by atoms with E-state index in [1.54, 1.807) is 0 Å². The lowest BCUT2D eigenvalue weighted by atomic mass is 10.1. The molecule has 3 rings (SSSR count). The van der Waals surface area contributed by atoms with E-state index in [0.29, 0.717) is 12.8 Å². The lowest BCUT2D eigenvalue weighted by Crippen LogP contribution is -2.44. The Morgan fingerprint density at radius 3 is 2.41 bits per heavy atom. The lowest BCUT2D eigenvalue weighted by molar-refractivity contribution is -0.385. The molecule has 1 heterocycles. The Morgan fingerprint density at radius 1 is 1.17 bits per heavy atom. The standard InChI is InChI=1S/C19H23N3O5S.ClH/c1-27-18-8-7-17(22(23)24)13-19(18)28(25,26)20-16-9-11-21(12-10-16)14-15-5-3-2-4-6-15;/h2-8,13,16,20H,9-12,14H2,1H3;1H. The van der Waals surface area contributed by atoms with Crippen LogP contribution in [-0.4, -0.2) is 44.5 Å². The Bertz CT molecular complexity index is 932. The smallest absolute Gasteiger partial charge is 0.271 e. The molecule has 0 aromatic heterocycles. The van der Waals surface area contributed by atoms with Gasteiger partial charge in [0.25, 0.3) is 5.69 Å². The van der Waals surface area contributed by atoms with E-state index in [9.17, 15) is 18.5 Å². The molecule has 0 amide bonds. The summed E-state index contributed by atoms with van der Waals surface area (Å²) in [5.41, 5.74) is 0.932. The van der Waals surface area contributed by atoms with Gasteiger partial charge in [-0.1, -0.05) is 30.3 Å². The minimum absolute atomic E-state index is 0. The van der Waals surface area contributed by atoms with Gasteiger partial charge in [0, 0.05) is 37.8 Å². The minimum atomic E-state index is -3.93. The van der Waals surface area contributed by atoms with Gasteiger partial charge in [0.1, 0.15) is 10.6 Å². The third-order valence-corrected chi connectivity index (χ3v) is 6.35. The van der Waals surface area contributed by atoms with E-state index < -0.39 is 14.9 Å². The summed E-state index contributed by atoms with van der Waals surface area (Å²) in [6.45, 7) is 2.38. The highest BCUT2D eigenvalue weighted by molar-refractivity contribution is 7.89. The molecule has 2 aromatic carbocycles. The van der Waals surface area contributed by atoms with Crippen molar-refractivity contribution in [2.75, 3.05) is 20.2 Å². The third-order valence-electron chi connectivity index (χ3n) is 4.81. The van der Waals surface area contributed by atoms with Crippen LogP contribution in [0.25, 0.3) is 0 Å². The normalized spacial score (nSPS) is 15.5. The average Bonchev–Trinajstić information content (AvgIpc) is 2.69. The number of nitro benzene ring substituents is 1. The number of nitrogens with zero attached hydrogens (tertiary/aromatic N) is 2. The number of ether oxygens (including phenoxy) is 1. The third kappa shape index (κ3) is 5.89. The molecular weight excluding hydrogens is 418 g/mol. The second kappa shape index (κ2) is 10.0. The molecule has 0 unspecified atom stereocenters. The average molecular weight is 442 g/mol. The zero-order valence-electron chi connectivity index (χ0n) is 16.0. The van der Waals surface area contributed by atoms with Gasteiger partial charge in [-0.2, -0.15) is 0 Å². The Balaban J connectivity index is 0.00000300. The van der Waals surface area contributed by atoms with Crippen molar-refractivity contribution >= 4 is 28.1 Å². The molecule has 0 saturated carbocycles. The zero-order valence-corrected chi connectivity index (χ0v) is 17.6. The van der Waals surface area contributed by atoms with E-state index in [1.165, 1.54) is 24.8 Å². The van der Waals surface area contributed by atoms with Gasteiger partial charge >= 0.3 is 0 Å². The maximum Gasteiger partial charge on any atom is 0.271 e. The largest absolute Gasteiger partial charge is 0.495 e. The van der Waals surface area contributed by atoms with Crippen LogP contribution in [0.5, 0.6) is 5.75 Å². The van der Waals surface area contributed by atoms with E-state index in [4.69, 9.17) is 4.74 Å². The molecule has 29 heavy (non-hydrogen) atoms. The van der Waals surface area contributed by atoms with E-state index >= 15 is 0 Å². The molecule has 0 aliphatic carbocycles. The first-order valence-electron chi connectivity index (χ1n) is 9.00. The second-order valence-electron chi connectivity index (χ2n) is 6.75. The number of piperidine rings is 1. The summed E-state index contributed by atoms with van der Waals surface area (Å²) in [4.78, 5) is 12.4. The van der Waals surface area contributed by atoms with Crippen LogP contribution in [0.15, 0.2) is 53.4 Å². The number of benzene rings is 2. The number of nitro groups is 1. The Kier molecular flexibility index (Phi) is 7.97. The van der Waals surface area contributed by atoms with Crippen molar-refractivity contribution in [1.29, 1.82) is 0 Å². The quantitative estimate of drug-likeness (QED) is 0.523. The minimum Gasteiger partial charge on any atom is -0.495 e. The number of likely N-dealkylation sites (tertiary alicyclic amines) is 1. The second-order valence-corrected chi connectivity index (χ2v) is 8.43. The van der Waals surface area contributed by atoms with Gasteiger partial charge in [-0.25, -0.2) is 13.1 Å². The monoisotopic (exact) mass is 441 g/mol. The summed E-state index contributed by atoms with van der Waals surface area (Å²) in [6, 6.07) is 13.5. The summed E-state index contributed by atoms with van der Waals surface area (Å²) >= 11 is 0. The van der Waals surface area contributed by atoms with Gasteiger partial charge in [-0.05, 0) is 24.5 Å². The molecule has 0 atom stereocenters. The summed E-state index contributed by atoms with van der Waals surface area (Å²) in [7, 11) is -2.60. The zero-order chi connectivity index (χ0) is 20.1. The fourth-order valence-electron chi connectivity index (χ4n) is 3.32. The van der Waals surface area contributed by atoms with Crippen LogP contribution in [0.1, 0.15) is 18.4 Å². The molecule has 1 aliphatic rings. The molecule has 0 radical (unpaired) electrons. The molecule has 1 fully saturated rings. The highest BCUT2D eigenvalue weighted by Crippen LogP contribution is 2.29. The van der Waals surface area contributed by atoms with Crippen LogP contribution in [-0.2, 0) is 16.6 Å². The number of hydrogen-bond donors (Lipinski definition) is 1. The number of rotatable bonds is 7. The SMILES string of the molecule is COc1ccc([N+](=O)[O-])cc1S(=O)(=O)NC1CCN(Cc2ccccc2)CC1.Cl. The Morgan fingerprint density at radius 2 is 1.83 bits per heavy atom. The van der Waals surface area contributed by atoms with Crippen LogP contribution in [0, 0.1) is 10.1 Å². The van der Waals surface area contributed by atoms with Crippen molar-refractivity contribution in [1.82, 2.24) is 9.62 Å². The van der Waals surface area contributed by atoms with Crippen molar-refractivity contribution in [2.24, 2.45) is 0 Å². The molecular formula is C19H24ClN3O5S. The predicted molar refractivity (Wildman–Crippen MR) is 112 cm³/mol. The maximum absolute atomic E-state index is 12.8. The van der Waals surface area contributed by atoms with Gasteiger partial charge in [0.2, 0.25) is 10.0 Å². The van der Waals surface area contributed by atoms with Crippen molar-refractivity contribution in [2.45, 2.75) is 30.3 Å². The molecule has 2 aromatic rings. The van der Waals surface area contributed by atoms with E-state index in [1.807, 2.05) is 18.2 Å². The number of halogens is 1. The molecule has 8 nitrogen and oxygen atoms in total. The van der Waals surface area contributed by atoms with Gasteiger partial charge in [0.15, 0.2) is 0 Å². The summed E-state index contributed by atoms with van der Waals surface area (Å²) in [5, 5.41) is 11.0. The number of methoxy groups -OCH3 is 1. The van der Waals surface area contributed by atoms with Crippen LogP contribution in [0.2, 0.25) is 0 Å². The molecule has 0 spiro atoms. The number of hydrogen-bond acceptors (Lipinski definition) is 6. The fraction of sp³-hybridized carbons (Fsp3) is 0.368. The molecule has 1 saturated heterocycles. The Hall–Kier alpha value is -2.20. The first kappa shape index (κ1) is 23.1. The van der Waals surface area contributed by atoms with Gasteiger partial charge in [0.05, 0.1) is 12.0 Å². The highest BCUT2D eigenvalue weighted by atomic mass is 35.5. The van der Waals surface area contributed by atoms with Gasteiger partial charge < -0.3 is 4.74 Å². The lowest BCUT2D eigenvalue weighted by Gasteiger charge is -2.32. The van der Waals surface area contributed by atoms with Crippen LogP contribution in [0.3, 0.4) is 0 Å². The maximum atomic E-state index is 12.8. The number of sulfonamides is 1. The summed E-state index contributed by atoms with van der Waals surface area (Å²) in [5.74, 6) is 0.0830. The summed E-state index contributed by atoms with van der Waals surface area (Å²) < 4.78 is 33.4. The topological polar surface area (TPSA) is 102 Å². The molecule has 158 valence electrons. The van der Waals surface area contributed by atoms with E-state index in [0.717, 1.165) is 25.7 Å². The molecule has 10 heteroatoms. The Labute approximate surface area is 176 Å². The fourth-order valence-corrected chi connectivity index (χ4v) is 4.82. The van der Waals surface area contributed by atoms with Gasteiger partial charge in [-0.15, -0.1) is 12.4 Å². The van der Waals surface area contributed by atoms with Gasteiger partial charge in [-0.3, -0.25) is 15.0 Å². The number of non-ortho nitro benzene ring substituents is 1. The first-order chi connectivity index (χ1) is 13.4. The van der Waals surface area contributed by atoms with Crippen molar-refractivity contribution in [3.05, 3.63) is 64.2 Å². The van der Waals surface area contributed by atoms with Crippen molar-refractivity contribution in [3.63, 3.8) is 0 Å². The van der Waals surface area contributed by atoms with Crippen LogP contribution < -0.4 is 9.46 Å². The predicted octanol–water partition coefficient (Wildman–Crippen LogP) is 2.97.